The van der Waals surface area contributed by atoms with Gasteiger partial charge in [-0.25, -0.2) is 12.8 Å². The van der Waals surface area contributed by atoms with Gasteiger partial charge in [0.1, 0.15) is 5.82 Å². The quantitative estimate of drug-likeness (QED) is 0.402. The topological polar surface area (TPSA) is 63.4 Å². The van der Waals surface area contributed by atoms with Crippen molar-refractivity contribution >= 4 is 15.7 Å². The minimum absolute atomic E-state index is 0.0262. The number of aromatic nitrogens is 1. The molecule has 0 saturated heterocycles. The van der Waals surface area contributed by atoms with E-state index in [1.54, 1.807) is 0 Å². The first-order valence-electron chi connectivity index (χ1n) is 10.3. The molecule has 0 N–H and O–H groups in total. The summed E-state index contributed by atoms with van der Waals surface area (Å²) < 4.78 is 46.5. The third kappa shape index (κ3) is 3.69. The summed E-state index contributed by atoms with van der Waals surface area (Å²) in [6, 6.07) is 20.4. The van der Waals surface area contributed by atoms with Crippen LogP contribution in [0, 0.1) is 12.7 Å². The van der Waals surface area contributed by atoms with Crippen LogP contribution < -0.4 is 4.90 Å². The van der Waals surface area contributed by atoms with E-state index in [1.165, 1.54) is 17.7 Å². The molecule has 0 bridgehead atoms. The highest BCUT2D eigenvalue weighted by molar-refractivity contribution is 7.91. The molecule has 2 heterocycles. The Balaban J connectivity index is 1.64. The van der Waals surface area contributed by atoms with Crippen molar-refractivity contribution in [2.45, 2.75) is 29.8 Å². The Morgan fingerprint density at radius 2 is 1.72 bits per heavy atom. The fourth-order valence-corrected chi connectivity index (χ4v) is 5.29. The molecule has 0 atom stereocenters. The summed E-state index contributed by atoms with van der Waals surface area (Å²) in [5.41, 5.74) is 4.07. The van der Waals surface area contributed by atoms with Crippen LogP contribution in [0.3, 0.4) is 0 Å². The Morgan fingerprint density at radius 3 is 2.47 bits per heavy atom. The lowest BCUT2D eigenvalue weighted by Crippen LogP contribution is -2.31. The number of rotatable bonds is 4. The van der Waals surface area contributed by atoms with Crippen molar-refractivity contribution in [1.82, 2.24) is 4.98 Å². The molecule has 0 amide bonds. The van der Waals surface area contributed by atoms with Crippen LogP contribution in [-0.2, 0) is 22.8 Å². The molecule has 1 aliphatic rings. The van der Waals surface area contributed by atoms with Crippen molar-refractivity contribution in [2.75, 3.05) is 11.4 Å². The standard InChI is InChI=1S/C25H21FN2O3S/c1-17-5-4-8-19(15-17)23-27-24(32(29,30)22-11-9-21(26)10-12-22)25(31-23)28-14-13-18-6-2-3-7-20(18)16-28/h2-12,15H,13-14,16H2,1H3. The maximum Gasteiger partial charge on any atom is 0.236 e. The summed E-state index contributed by atoms with van der Waals surface area (Å²) in [5, 5.41) is -0.153. The Morgan fingerprint density at radius 1 is 0.969 bits per heavy atom. The van der Waals surface area contributed by atoms with Crippen LogP contribution in [0.5, 0.6) is 0 Å². The van der Waals surface area contributed by atoms with Gasteiger partial charge in [0, 0.05) is 18.7 Å². The zero-order valence-electron chi connectivity index (χ0n) is 17.5. The van der Waals surface area contributed by atoms with Crippen molar-refractivity contribution < 1.29 is 17.2 Å². The first kappa shape index (κ1) is 20.5. The van der Waals surface area contributed by atoms with Gasteiger partial charge in [-0.15, -0.1) is 0 Å². The molecular weight excluding hydrogens is 427 g/mol. The number of aryl methyl sites for hydroxylation is 1. The second kappa shape index (κ2) is 7.91. The van der Waals surface area contributed by atoms with Gasteiger partial charge in [-0.2, -0.15) is 4.98 Å². The van der Waals surface area contributed by atoms with Crippen LogP contribution in [-0.4, -0.2) is 19.9 Å². The molecular formula is C25H21FN2O3S. The number of hydrogen-bond donors (Lipinski definition) is 0. The van der Waals surface area contributed by atoms with Crippen LogP contribution in [0.15, 0.2) is 87.1 Å². The molecule has 5 rings (SSSR count). The zero-order chi connectivity index (χ0) is 22.3. The van der Waals surface area contributed by atoms with E-state index < -0.39 is 15.7 Å². The molecule has 1 aliphatic heterocycles. The van der Waals surface area contributed by atoms with Crippen molar-refractivity contribution in [3.8, 4) is 11.5 Å². The van der Waals surface area contributed by atoms with Gasteiger partial charge in [0.25, 0.3) is 0 Å². The molecule has 162 valence electrons. The van der Waals surface area contributed by atoms with Crippen LogP contribution in [0.1, 0.15) is 16.7 Å². The predicted molar refractivity (Wildman–Crippen MR) is 120 cm³/mol. The average molecular weight is 449 g/mol. The van der Waals surface area contributed by atoms with E-state index in [4.69, 9.17) is 4.42 Å². The predicted octanol–water partition coefficient (Wildman–Crippen LogP) is 5.18. The van der Waals surface area contributed by atoms with E-state index in [0.29, 0.717) is 18.7 Å². The summed E-state index contributed by atoms with van der Waals surface area (Å²) in [7, 11) is -4.02. The van der Waals surface area contributed by atoms with Crippen molar-refractivity contribution in [1.29, 1.82) is 0 Å². The van der Waals surface area contributed by atoms with Crippen molar-refractivity contribution in [2.24, 2.45) is 0 Å². The maximum atomic E-state index is 13.5. The largest absolute Gasteiger partial charge is 0.419 e. The molecule has 7 heteroatoms. The highest BCUT2D eigenvalue weighted by Crippen LogP contribution is 2.37. The smallest absolute Gasteiger partial charge is 0.236 e. The number of fused-ring (bicyclic) bond motifs is 1. The lowest BCUT2D eigenvalue weighted by Gasteiger charge is -2.28. The molecule has 0 aliphatic carbocycles. The minimum Gasteiger partial charge on any atom is -0.419 e. The molecule has 5 nitrogen and oxygen atoms in total. The van der Waals surface area contributed by atoms with Gasteiger partial charge >= 0.3 is 0 Å². The van der Waals surface area contributed by atoms with Gasteiger partial charge < -0.3 is 9.32 Å². The zero-order valence-corrected chi connectivity index (χ0v) is 18.3. The van der Waals surface area contributed by atoms with Crippen LogP contribution >= 0.6 is 0 Å². The molecule has 0 saturated carbocycles. The van der Waals surface area contributed by atoms with E-state index in [0.717, 1.165) is 29.7 Å². The van der Waals surface area contributed by atoms with E-state index in [1.807, 2.05) is 54.3 Å². The lowest BCUT2D eigenvalue weighted by molar-refractivity contribution is 0.533. The molecule has 4 aromatic rings. The molecule has 0 spiro atoms. The third-order valence-corrected chi connectivity index (χ3v) is 7.31. The average Bonchev–Trinajstić information content (AvgIpc) is 3.26. The first-order chi connectivity index (χ1) is 15.4. The number of benzene rings is 3. The Hall–Kier alpha value is -3.45. The van der Waals surface area contributed by atoms with Gasteiger partial charge in [0.15, 0.2) is 0 Å². The van der Waals surface area contributed by atoms with Gasteiger partial charge in [0.05, 0.1) is 4.90 Å². The fourth-order valence-electron chi connectivity index (χ4n) is 3.97. The Kier molecular flexibility index (Phi) is 5.06. The first-order valence-corrected chi connectivity index (χ1v) is 11.8. The number of nitrogens with zero attached hydrogens (tertiary/aromatic N) is 2. The lowest BCUT2D eigenvalue weighted by atomic mass is 10.0. The number of oxazole rings is 1. The molecule has 32 heavy (non-hydrogen) atoms. The van der Waals surface area contributed by atoms with Gasteiger partial charge in [-0.05, 0) is 60.9 Å². The third-order valence-electron chi connectivity index (χ3n) is 5.64. The van der Waals surface area contributed by atoms with Crippen molar-refractivity contribution in [3.63, 3.8) is 0 Å². The highest BCUT2D eigenvalue weighted by Gasteiger charge is 2.32. The molecule has 3 aromatic carbocycles. The molecule has 0 radical (unpaired) electrons. The van der Waals surface area contributed by atoms with E-state index >= 15 is 0 Å². The molecule has 1 aromatic heterocycles. The number of hydrogen-bond acceptors (Lipinski definition) is 5. The number of anilines is 1. The monoisotopic (exact) mass is 448 g/mol. The van der Waals surface area contributed by atoms with E-state index in [-0.39, 0.29) is 21.7 Å². The Bertz CT molecular complexity index is 1390. The van der Waals surface area contributed by atoms with Crippen LogP contribution in [0.25, 0.3) is 11.5 Å². The SMILES string of the molecule is Cc1cccc(-c2nc(S(=O)(=O)c3ccc(F)cc3)c(N3CCc4ccccc4C3)o2)c1. The minimum atomic E-state index is -4.02. The fraction of sp³-hybridized carbons (Fsp3) is 0.160. The summed E-state index contributed by atoms with van der Waals surface area (Å²) in [5.74, 6) is -0.0546. The van der Waals surface area contributed by atoms with Gasteiger partial charge in [0.2, 0.25) is 26.6 Å². The van der Waals surface area contributed by atoms with Gasteiger partial charge in [-0.1, -0.05) is 42.0 Å². The summed E-state index contributed by atoms with van der Waals surface area (Å²) in [6.07, 6.45) is 0.771. The normalized spacial score (nSPS) is 13.8. The summed E-state index contributed by atoms with van der Waals surface area (Å²) in [4.78, 5) is 6.31. The van der Waals surface area contributed by atoms with Crippen LogP contribution in [0.2, 0.25) is 0 Å². The molecule has 0 fully saturated rings. The highest BCUT2D eigenvalue weighted by atomic mass is 32.2. The Labute approximate surface area is 186 Å². The summed E-state index contributed by atoms with van der Waals surface area (Å²) >= 11 is 0. The van der Waals surface area contributed by atoms with Gasteiger partial charge in [-0.3, -0.25) is 0 Å². The number of halogens is 1. The second-order valence-corrected chi connectivity index (χ2v) is 9.76. The van der Waals surface area contributed by atoms with Crippen molar-refractivity contribution in [3.05, 3.63) is 95.3 Å². The maximum absolute atomic E-state index is 13.5. The molecule has 0 unspecified atom stereocenters. The van der Waals surface area contributed by atoms with Crippen LogP contribution in [0.4, 0.5) is 10.3 Å². The summed E-state index contributed by atoms with van der Waals surface area (Å²) in [6.45, 7) is 3.07. The second-order valence-electron chi connectivity index (χ2n) is 7.90. The van der Waals surface area contributed by atoms with E-state index in [9.17, 15) is 12.8 Å². The van der Waals surface area contributed by atoms with E-state index in [2.05, 4.69) is 11.1 Å². The number of sulfone groups is 1.